The van der Waals surface area contributed by atoms with Crippen molar-refractivity contribution in [1.82, 2.24) is 0 Å². The third-order valence-corrected chi connectivity index (χ3v) is 14.7. The molecule has 4 aliphatic carbocycles. The zero-order chi connectivity index (χ0) is 39.8. The molecule has 1 nitrogen and oxygen atoms in total. The minimum Gasteiger partial charge on any atom is -0.310 e. The first-order valence-electron chi connectivity index (χ1n) is 21.8. The molecule has 11 rings (SSSR count). The minimum absolute atomic E-state index is 0.209. The van der Waals surface area contributed by atoms with Gasteiger partial charge in [-0.1, -0.05) is 165 Å². The van der Waals surface area contributed by atoms with Gasteiger partial charge in [0.05, 0.1) is 5.69 Å². The summed E-state index contributed by atoms with van der Waals surface area (Å²) in [4.78, 5) is 2.45. The molecule has 4 saturated carbocycles. The van der Waals surface area contributed by atoms with E-state index < -0.39 is 0 Å². The lowest BCUT2D eigenvalue weighted by Gasteiger charge is -2.63. The first-order chi connectivity index (χ1) is 28.1. The van der Waals surface area contributed by atoms with Gasteiger partial charge in [-0.2, -0.15) is 0 Å². The molecule has 0 saturated heterocycles. The normalized spacial score (nSPS) is 22.0. The van der Waals surface area contributed by atoms with Gasteiger partial charge < -0.3 is 4.90 Å². The lowest BCUT2D eigenvalue weighted by atomic mass is 9.34. The molecule has 2 unspecified atom stereocenters. The van der Waals surface area contributed by atoms with Crippen LogP contribution in [0.4, 0.5) is 17.1 Å². The highest BCUT2D eigenvalue weighted by atomic mass is 15.1. The van der Waals surface area contributed by atoms with Gasteiger partial charge in [-0.3, -0.25) is 0 Å². The Morgan fingerprint density at radius 3 is 1.50 bits per heavy atom. The maximum atomic E-state index is 2.56. The summed E-state index contributed by atoms with van der Waals surface area (Å²) in [5.41, 5.74) is 19.8. The zero-order valence-electron chi connectivity index (χ0n) is 35.3. The van der Waals surface area contributed by atoms with Crippen molar-refractivity contribution in [2.75, 3.05) is 4.90 Å². The van der Waals surface area contributed by atoms with Gasteiger partial charge in [0.15, 0.2) is 0 Å². The fourth-order valence-corrected chi connectivity index (χ4v) is 13.1. The molecular weight excluding hydrogens is 697 g/mol. The molecule has 2 heteroatoms. The lowest BCUT2D eigenvalue weighted by molar-refractivity contribution is -0.0281. The van der Waals surface area contributed by atoms with Gasteiger partial charge in [0.1, 0.15) is 0 Å². The van der Waals surface area contributed by atoms with Crippen molar-refractivity contribution < 1.29 is 0 Å². The molecule has 58 heavy (non-hydrogen) atoms. The molecule has 0 N–H and O–H groups in total. The van der Waals surface area contributed by atoms with Crippen molar-refractivity contribution in [2.45, 2.75) is 90.9 Å². The standard InChI is InChI=1S/C56H56BN/c1-37-27-39(3)53(40(4)28-37)57(54-41(5)29-38(2)30-42(54)6)48-23-19-46(20-24-48)55-32-43-31-44(33-55)35-56(34-43,36-55)47-21-25-50(26-22-47)58(49-15-8-7-9-16-49)52-18-12-14-45-13-10-11-17-51(45)52/h7-30,43-44H,31-36H2,1-6H3. The summed E-state index contributed by atoms with van der Waals surface area (Å²) >= 11 is 0. The van der Waals surface area contributed by atoms with E-state index in [2.05, 4.69) is 192 Å². The average Bonchev–Trinajstić information content (AvgIpc) is 3.20. The minimum atomic E-state index is 0.209. The summed E-state index contributed by atoms with van der Waals surface area (Å²) in [5, 5.41) is 2.53. The van der Waals surface area contributed by atoms with Crippen molar-refractivity contribution in [3.8, 4) is 0 Å². The summed E-state index contributed by atoms with van der Waals surface area (Å²) in [5.74, 6) is 1.58. The topological polar surface area (TPSA) is 3.24 Å². The molecule has 0 aliphatic heterocycles. The Hall–Kier alpha value is -5.34. The first kappa shape index (κ1) is 37.0. The van der Waals surface area contributed by atoms with E-state index in [4.69, 9.17) is 0 Å². The summed E-state index contributed by atoms with van der Waals surface area (Å²) in [6.07, 6.45) is 7.99. The van der Waals surface area contributed by atoms with E-state index in [1.165, 1.54) is 116 Å². The Kier molecular flexibility index (Phi) is 9.05. The summed E-state index contributed by atoms with van der Waals surface area (Å²) < 4.78 is 0. The fourth-order valence-electron chi connectivity index (χ4n) is 13.1. The second-order valence-corrected chi connectivity index (χ2v) is 18.9. The van der Waals surface area contributed by atoms with Gasteiger partial charge in [0.25, 0.3) is 0 Å². The molecule has 4 fully saturated rings. The molecule has 4 aliphatic rings. The number of hydrogen-bond donors (Lipinski definition) is 0. The smallest absolute Gasteiger partial charge is 0.242 e. The Balaban J connectivity index is 1.01. The molecule has 288 valence electrons. The average molecular weight is 754 g/mol. The van der Waals surface area contributed by atoms with Gasteiger partial charge >= 0.3 is 0 Å². The Labute approximate surface area is 347 Å². The highest BCUT2D eigenvalue weighted by molar-refractivity contribution is 6.96. The van der Waals surface area contributed by atoms with Crippen molar-refractivity contribution >= 4 is 50.9 Å². The van der Waals surface area contributed by atoms with Crippen molar-refractivity contribution in [3.05, 3.63) is 190 Å². The molecule has 0 amide bonds. The van der Waals surface area contributed by atoms with E-state index in [0.29, 0.717) is 0 Å². The Morgan fingerprint density at radius 1 is 0.483 bits per heavy atom. The molecule has 7 aromatic carbocycles. The number of anilines is 3. The van der Waals surface area contributed by atoms with E-state index in [9.17, 15) is 0 Å². The molecule has 0 heterocycles. The van der Waals surface area contributed by atoms with Crippen molar-refractivity contribution in [3.63, 3.8) is 0 Å². The predicted octanol–water partition coefficient (Wildman–Crippen LogP) is 12.5. The molecular formula is C56H56BN. The number of nitrogens with zero attached hydrogens (tertiary/aromatic N) is 1. The highest BCUT2D eigenvalue weighted by Gasteiger charge is 2.58. The third kappa shape index (κ3) is 6.23. The third-order valence-electron chi connectivity index (χ3n) is 14.7. The summed E-state index contributed by atoms with van der Waals surface area (Å²) in [7, 11) is 0. The quantitative estimate of drug-likeness (QED) is 0.140. The van der Waals surface area contributed by atoms with Crippen LogP contribution in [-0.4, -0.2) is 6.71 Å². The van der Waals surface area contributed by atoms with Crippen LogP contribution in [0.2, 0.25) is 0 Å². The van der Waals surface area contributed by atoms with E-state index in [1.54, 1.807) is 11.1 Å². The molecule has 7 aromatic rings. The maximum Gasteiger partial charge on any atom is 0.242 e. The molecule has 0 aromatic heterocycles. The zero-order valence-corrected chi connectivity index (χ0v) is 35.3. The van der Waals surface area contributed by atoms with Gasteiger partial charge in [-0.05, 0) is 150 Å². The van der Waals surface area contributed by atoms with Crippen molar-refractivity contribution in [2.24, 2.45) is 11.8 Å². The van der Waals surface area contributed by atoms with Crippen LogP contribution in [0.25, 0.3) is 10.8 Å². The number of aryl methyl sites for hydroxylation is 6. The van der Waals surface area contributed by atoms with Gasteiger partial charge in [-0.15, -0.1) is 0 Å². The Bertz CT molecular complexity index is 2530. The second-order valence-electron chi connectivity index (χ2n) is 18.9. The fraction of sp³-hybridized carbons (Fsp3) is 0.286. The first-order valence-corrected chi connectivity index (χ1v) is 21.8. The molecule has 0 spiro atoms. The highest BCUT2D eigenvalue weighted by Crippen LogP contribution is 2.66. The van der Waals surface area contributed by atoms with Crippen LogP contribution in [0.5, 0.6) is 0 Å². The van der Waals surface area contributed by atoms with E-state index in [-0.39, 0.29) is 17.5 Å². The number of para-hydroxylation sites is 1. The largest absolute Gasteiger partial charge is 0.310 e. The maximum absolute atomic E-state index is 2.56. The van der Waals surface area contributed by atoms with Gasteiger partial charge in [-0.25, -0.2) is 0 Å². The molecule has 0 radical (unpaired) electrons. The summed E-state index contributed by atoms with van der Waals surface area (Å²) in [6.45, 7) is 13.9. The van der Waals surface area contributed by atoms with E-state index in [0.717, 1.165) is 11.8 Å². The van der Waals surface area contributed by atoms with Crippen LogP contribution in [0.15, 0.2) is 146 Å². The monoisotopic (exact) mass is 753 g/mol. The van der Waals surface area contributed by atoms with Crippen LogP contribution in [0.1, 0.15) is 83.0 Å². The van der Waals surface area contributed by atoms with Crippen LogP contribution in [0, 0.1) is 53.4 Å². The van der Waals surface area contributed by atoms with Crippen LogP contribution < -0.4 is 21.3 Å². The second kappa shape index (κ2) is 14.2. The van der Waals surface area contributed by atoms with E-state index >= 15 is 0 Å². The molecule has 4 bridgehead atoms. The van der Waals surface area contributed by atoms with Gasteiger partial charge in [0.2, 0.25) is 6.71 Å². The number of hydrogen-bond acceptors (Lipinski definition) is 1. The van der Waals surface area contributed by atoms with Crippen LogP contribution in [0.3, 0.4) is 0 Å². The van der Waals surface area contributed by atoms with Crippen LogP contribution >= 0.6 is 0 Å². The summed E-state index contributed by atoms with van der Waals surface area (Å²) in [6, 6.07) is 55.8. The van der Waals surface area contributed by atoms with Crippen LogP contribution in [-0.2, 0) is 10.8 Å². The van der Waals surface area contributed by atoms with Gasteiger partial charge in [0, 0.05) is 16.8 Å². The predicted molar refractivity (Wildman–Crippen MR) is 249 cm³/mol. The lowest BCUT2D eigenvalue weighted by Crippen LogP contribution is -2.57. The SMILES string of the molecule is Cc1cc(C)c(B(c2ccc(C34CC5CC(C3)CC(c3ccc(N(c6ccccc6)c6cccc7ccccc67)cc3)(C5)C4)cc2)c2c(C)cc(C)cc2C)c(C)c1. The molecule has 2 atom stereocenters. The van der Waals surface area contributed by atoms with Crippen molar-refractivity contribution in [1.29, 1.82) is 0 Å². The van der Waals surface area contributed by atoms with E-state index in [1.807, 2.05) is 0 Å². The Morgan fingerprint density at radius 2 is 0.948 bits per heavy atom. The number of benzene rings is 7. The number of fused-ring (bicyclic) bond motifs is 1. The number of rotatable bonds is 8.